The molecule has 4 unspecified atom stereocenters. The van der Waals surface area contributed by atoms with Crippen LogP contribution in [0.2, 0.25) is 0 Å². The third-order valence-corrected chi connectivity index (χ3v) is 11.3. The number of hydrogen-bond acceptors (Lipinski definition) is 10. The smallest absolute Gasteiger partial charge is 0.323 e. The topological polar surface area (TPSA) is 191 Å². The first kappa shape index (κ1) is 63.2. The molecule has 0 bridgehead atoms. The minimum absolute atomic E-state index is 0. The van der Waals surface area contributed by atoms with E-state index in [-0.39, 0.29) is 59.6 Å². The second-order valence-electron chi connectivity index (χ2n) is 18.0. The zero-order valence-electron chi connectivity index (χ0n) is 40.4. The number of esters is 2. The first-order valence-electron chi connectivity index (χ1n) is 22.1. The molecule has 0 fully saturated rings. The summed E-state index contributed by atoms with van der Waals surface area (Å²) < 4.78 is 11.2. The predicted molar refractivity (Wildman–Crippen MR) is 276 cm³/mol. The number of ether oxygens (including phenoxy) is 2. The van der Waals surface area contributed by atoms with Crippen molar-refractivity contribution in [3.8, 4) is 0 Å². The van der Waals surface area contributed by atoms with Gasteiger partial charge in [0.1, 0.15) is 12.1 Å². The molecule has 10 nitrogen and oxygen atoms in total. The van der Waals surface area contributed by atoms with Gasteiger partial charge in [0.05, 0.1) is 0 Å². The number of unbranched alkanes of at least 4 members (excludes halogenated alkanes) is 2. The van der Waals surface area contributed by atoms with E-state index in [1.54, 1.807) is 13.8 Å². The molecule has 2 aliphatic rings. The van der Waals surface area contributed by atoms with E-state index in [4.69, 9.17) is 32.4 Å². The number of halogens is 3. The largest absolute Gasteiger partial charge is 0.453 e. The number of Topliss-reactive ketones (excluding diaryl/α,β-unsaturated/α-hetero) is 2. The molecule has 65 heavy (non-hydrogen) atoms. The van der Waals surface area contributed by atoms with E-state index in [0.717, 1.165) is 59.1 Å². The first-order chi connectivity index (χ1) is 29.1. The van der Waals surface area contributed by atoms with Crippen LogP contribution in [0.1, 0.15) is 121 Å². The Morgan fingerprint density at radius 3 is 1.20 bits per heavy atom. The zero-order chi connectivity index (χ0) is 46.6. The molecule has 0 aromatic carbocycles. The third-order valence-electron chi connectivity index (χ3n) is 11.3. The van der Waals surface area contributed by atoms with Gasteiger partial charge in [-0.15, -0.1) is 37.2 Å². The van der Waals surface area contributed by atoms with Crippen molar-refractivity contribution < 1.29 is 28.7 Å². The van der Waals surface area contributed by atoms with Gasteiger partial charge in [0.25, 0.3) is 0 Å². The third kappa shape index (κ3) is 21.5. The second-order valence-corrected chi connectivity index (χ2v) is 18.0. The van der Waals surface area contributed by atoms with Crippen LogP contribution < -0.4 is 22.9 Å². The highest BCUT2D eigenvalue weighted by Gasteiger charge is 2.41. The monoisotopic (exact) mass is 961 g/mol. The zero-order valence-corrected chi connectivity index (χ0v) is 42.9. The number of ketones is 2. The maximum Gasteiger partial charge on any atom is 0.323 e. The van der Waals surface area contributed by atoms with Gasteiger partial charge < -0.3 is 32.4 Å². The summed E-state index contributed by atoms with van der Waals surface area (Å²) in [5, 5.41) is 0. The van der Waals surface area contributed by atoms with Crippen molar-refractivity contribution in [1.29, 1.82) is 0 Å². The van der Waals surface area contributed by atoms with Gasteiger partial charge in [0.15, 0.2) is 23.8 Å². The Hall–Kier alpha value is -3.87. The minimum Gasteiger partial charge on any atom is -0.453 e. The van der Waals surface area contributed by atoms with Crippen LogP contribution in [0.25, 0.3) is 0 Å². The molecule has 0 radical (unpaired) electrons. The second kappa shape index (κ2) is 31.2. The molecule has 0 aromatic rings. The highest BCUT2D eigenvalue weighted by Crippen LogP contribution is 2.42. The Morgan fingerprint density at radius 2 is 0.877 bits per heavy atom. The summed E-state index contributed by atoms with van der Waals surface area (Å²) in [7, 11) is 0. The van der Waals surface area contributed by atoms with Crippen molar-refractivity contribution in [2.45, 2.75) is 145 Å². The van der Waals surface area contributed by atoms with Crippen LogP contribution in [0, 0.1) is 10.8 Å². The number of nitrogens with two attached hydrogens (primary N) is 4. The molecule has 364 valence electrons. The SMILES string of the molecule is CC1=C(/C=C/C(C)=C/C=C/C(C)=C/C=C/C=C(C)/C=C/C=C(C)/C=C/C2=C(C)C(=O)C(OC(=O)C(N)CCCCN)CC2(C)C)C(C)(C)CC(OC(=O)C(N)CCCCN)C1=O.Cl.Cl.Cl. The van der Waals surface area contributed by atoms with Crippen LogP contribution in [-0.4, -0.2) is 60.9 Å². The van der Waals surface area contributed by atoms with Crippen LogP contribution in [-0.2, 0) is 28.7 Å². The summed E-state index contributed by atoms with van der Waals surface area (Å²) in [4.78, 5) is 51.6. The highest BCUT2D eigenvalue weighted by atomic mass is 35.5. The molecule has 0 saturated heterocycles. The summed E-state index contributed by atoms with van der Waals surface area (Å²) >= 11 is 0. The molecule has 0 saturated carbocycles. The van der Waals surface area contributed by atoms with Crippen molar-refractivity contribution in [2.75, 3.05) is 13.1 Å². The molecular formula is C52H79Cl3N4O6. The Kier molecular flexibility index (Phi) is 30.3. The number of hydrogen-bond donors (Lipinski definition) is 4. The highest BCUT2D eigenvalue weighted by molar-refractivity contribution is 6.02. The van der Waals surface area contributed by atoms with E-state index in [2.05, 4.69) is 27.7 Å². The fraction of sp³-hybridized carbons (Fsp3) is 0.500. The Morgan fingerprint density at radius 1 is 0.569 bits per heavy atom. The fourth-order valence-electron chi connectivity index (χ4n) is 7.47. The molecule has 0 aromatic heterocycles. The number of rotatable bonds is 22. The van der Waals surface area contributed by atoms with Crippen LogP contribution >= 0.6 is 37.2 Å². The Balaban J connectivity index is 0. The number of allylic oxidation sites excluding steroid dienone is 20. The summed E-state index contributed by atoms with van der Waals surface area (Å²) in [6.07, 6.45) is 31.3. The van der Waals surface area contributed by atoms with E-state index in [1.165, 1.54) is 0 Å². The molecule has 2 aliphatic carbocycles. The summed E-state index contributed by atoms with van der Waals surface area (Å²) in [5.74, 6) is -1.44. The summed E-state index contributed by atoms with van der Waals surface area (Å²) in [6, 6.07) is -1.52. The van der Waals surface area contributed by atoms with Crippen LogP contribution in [0.3, 0.4) is 0 Å². The molecule has 2 rings (SSSR count). The lowest BCUT2D eigenvalue weighted by molar-refractivity contribution is -0.157. The molecular weight excluding hydrogens is 883 g/mol. The van der Waals surface area contributed by atoms with Gasteiger partial charge in [-0.3, -0.25) is 19.2 Å². The number of carbonyl (C=O) groups excluding carboxylic acids is 4. The first-order valence-corrected chi connectivity index (χ1v) is 22.1. The van der Waals surface area contributed by atoms with Crippen LogP contribution in [0.5, 0.6) is 0 Å². The molecule has 4 atom stereocenters. The molecule has 8 N–H and O–H groups in total. The maximum absolute atomic E-state index is 13.2. The van der Waals surface area contributed by atoms with Gasteiger partial charge in [-0.25, -0.2) is 0 Å². The maximum atomic E-state index is 13.2. The van der Waals surface area contributed by atoms with Crippen LogP contribution in [0.15, 0.2) is 130 Å². The lowest BCUT2D eigenvalue weighted by Crippen LogP contribution is -2.42. The summed E-state index contributed by atoms with van der Waals surface area (Å²) in [6.45, 7) is 21.0. The average Bonchev–Trinajstić information content (AvgIpc) is 3.20. The van der Waals surface area contributed by atoms with Gasteiger partial charge in [-0.2, -0.15) is 0 Å². The van der Waals surface area contributed by atoms with Crippen molar-refractivity contribution in [3.63, 3.8) is 0 Å². The van der Waals surface area contributed by atoms with Crippen molar-refractivity contribution in [1.82, 2.24) is 0 Å². The van der Waals surface area contributed by atoms with E-state index in [0.29, 0.717) is 49.9 Å². The van der Waals surface area contributed by atoms with Gasteiger partial charge >= 0.3 is 11.9 Å². The Labute approximate surface area is 408 Å². The van der Waals surface area contributed by atoms with Crippen molar-refractivity contribution in [3.05, 3.63) is 130 Å². The van der Waals surface area contributed by atoms with E-state index >= 15 is 0 Å². The fourth-order valence-corrected chi connectivity index (χ4v) is 7.47. The van der Waals surface area contributed by atoms with Crippen molar-refractivity contribution >= 4 is 60.7 Å². The lowest BCUT2D eigenvalue weighted by Gasteiger charge is -2.36. The molecule has 0 heterocycles. The van der Waals surface area contributed by atoms with E-state index < -0.39 is 36.2 Å². The van der Waals surface area contributed by atoms with Crippen molar-refractivity contribution in [2.24, 2.45) is 33.8 Å². The molecule has 13 heteroatoms. The number of carbonyl (C=O) groups is 4. The molecule has 0 spiro atoms. The van der Waals surface area contributed by atoms with E-state index in [9.17, 15) is 19.2 Å². The Bertz CT molecular complexity index is 1820. The lowest BCUT2D eigenvalue weighted by atomic mass is 9.71. The van der Waals surface area contributed by atoms with Crippen LogP contribution in [0.4, 0.5) is 0 Å². The van der Waals surface area contributed by atoms with Gasteiger partial charge in [-0.1, -0.05) is 148 Å². The normalized spacial score (nSPS) is 20.7. The average molecular weight is 963 g/mol. The van der Waals surface area contributed by atoms with Gasteiger partial charge in [-0.05, 0) is 113 Å². The van der Waals surface area contributed by atoms with Gasteiger partial charge in [0.2, 0.25) is 0 Å². The quantitative estimate of drug-likeness (QED) is 0.0461. The molecule has 0 amide bonds. The van der Waals surface area contributed by atoms with Gasteiger partial charge in [0, 0.05) is 12.8 Å². The molecule has 0 aliphatic heterocycles. The standard InChI is InChI=1S/C52H76N4O6.3ClH/c1-35(21-17-23-37(3)27-29-41-39(5)47(57)45(33-51(41,7)8)61-49(59)43(55)25-13-15-31-53)19-11-12-20-36(2)22-18-24-38(4)28-30-42-40(6)48(58)46(34-52(42,9)10)62-50(60)44(56)26-14-16-32-54;;;/h11-12,17-24,27-30,43-46H,13-16,25-26,31-34,53-56H2,1-10H3;3*1H/b12-11+,21-17+,22-18+,29-27+,30-28+,35-19+,36-20+,37-23+,38-24+;;;. The predicted octanol–water partition coefficient (Wildman–Crippen LogP) is 10.2. The van der Waals surface area contributed by atoms with E-state index in [1.807, 2.05) is 113 Å². The minimum atomic E-state index is -0.839. The summed E-state index contributed by atoms with van der Waals surface area (Å²) in [5.41, 5.74) is 29.6.